The van der Waals surface area contributed by atoms with E-state index in [1.165, 1.54) is 6.20 Å². The van der Waals surface area contributed by atoms with Crippen LogP contribution in [0.5, 0.6) is 0 Å². The van der Waals surface area contributed by atoms with Crippen molar-refractivity contribution in [3.05, 3.63) is 57.5 Å². The molecule has 0 spiro atoms. The van der Waals surface area contributed by atoms with Gasteiger partial charge in [-0.3, -0.25) is 9.59 Å². The first kappa shape index (κ1) is 16.2. The summed E-state index contributed by atoms with van der Waals surface area (Å²) in [6.45, 7) is 2.65. The SMILES string of the molecule is Cc1ccc2nc([C@H]3CCCN3C(=O)c3cnc(C4CC4)[nH]c3=O)[nH]c2c1. The largest absolute Gasteiger partial charge is 0.340 e. The van der Waals surface area contributed by atoms with E-state index in [-0.39, 0.29) is 23.1 Å². The standard InChI is InChI=1S/C20H21N5O2/c1-11-4-7-14-15(9-11)23-18(22-14)16-3-2-8-25(16)20(27)13-10-21-17(12-5-6-12)24-19(13)26/h4,7,9-10,12,16H,2-3,5-6,8H2,1H3,(H,22,23)(H,21,24,26)/t16-/m1/s1. The highest BCUT2D eigenvalue weighted by atomic mass is 16.2. The zero-order chi connectivity index (χ0) is 18.5. The Kier molecular flexibility index (Phi) is 3.63. The highest BCUT2D eigenvalue weighted by Gasteiger charge is 2.34. The number of aryl methyl sites for hydroxylation is 1. The van der Waals surface area contributed by atoms with Crippen molar-refractivity contribution in [2.75, 3.05) is 6.54 Å². The summed E-state index contributed by atoms with van der Waals surface area (Å²) in [7, 11) is 0. The fourth-order valence-electron chi connectivity index (χ4n) is 3.88. The van der Waals surface area contributed by atoms with Crippen LogP contribution in [0.4, 0.5) is 0 Å². The molecule has 0 unspecified atom stereocenters. The van der Waals surface area contributed by atoms with Crippen LogP contribution in [0.25, 0.3) is 11.0 Å². The molecule has 1 amide bonds. The Labute approximate surface area is 155 Å². The van der Waals surface area contributed by atoms with Crippen molar-refractivity contribution in [1.29, 1.82) is 0 Å². The van der Waals surface area contributed by atoms with Gasteiger partial charge in [0, 0.05) is 18.7 Å². The van der Waals surface area contributed by atoms with Crippen LogP contribution in [0, 0.1) is 6.92 Å². The summed E-state index contributed by atoms with van der Waals surface area (Å²) < 4.78 is 0. The lowest BCUT2D eigenvalue weighted by atomic mass is 10.2. The van der Waals surface area contributed by atoms with Crippen molar-refractivity contribution in [3.63, 3.8) is 0 Å². The fraction of sp³-hybridized carbons (Fsp3) is 0.400. The number of imidazole rings is 1. The van der Waals surface area contributed by atoms with Gasteiger partial charge in [0.1, 0.15) is 17.2 Å². The fourth-order valence-corrected chi connectivity index (χ4v) is 3.88. The maximum absolute atomic E-state index is 13.0. The number of aromatic amines is 2. The third kappa shape index (κ3) is 2.83. The highest BCUT2D eigenvalue weighted by Crippen LogP contribution is 2.37. The summed E-state index contributed by atoms with van der Waals surface area (Å²) in [6.07, 6.45) is 5.26. The number of benzene rings is 1. The first-order chi connectivity index (χ1) is 13.1. The summed E-state index contributed by atoms with van der Waals surface area (Å²) in [6, 6.07) is 5.92. The molecular weight excluding hydrogens is 342 g/mol. The molecule has 3 heterocycles. The molecule has 2 aliphatic rings. The van der Waals surface area contributed by atoms with Crippen LogP contribution in [-0.2, 0) is 0 Å². The summed E-state index contributed by atoms with van der Waals surface area (Å²) in [5.74, 6) is 1.55. The predicted octanol–water partition coefficient (Wildman–Crippen LogP) is 2.81. The molecule has 138 valence electrons. The van der Waals surface area contributed by atoms with E-state index in [1.54, 1.807) is 4.90 Å². The first-order valence-electron chi connectivity index (χ1n) is 9.46. The molecule has 5 rings (SSSR count). The van der Waals surface area contributed by atoms with Crippen LogP contribution < -0.4 is 5.56 Å². The lowest BCUT2D eigenvalue weighted by Crippen LogP contribution is -2.35. The predicted molar refractivity (Wildman–Crippen MR) is 101 cm³/mol. The van der Waals surface area contributed by atoms with Gasteiger partial charge < -0.3 is 14.9 Å². The van der Waals surface area contributed by atoms with Gasteiger partial charge in [-0.1, -0.05) is 6.07 Å². The molecule has 1 aliphatic carbocycles. The van der Waals surface area contributed by atoms with Gasteiger partial charge >= 0.3 is 0 Å². The van der Waals surface area contributed by atoms with Crippen LogP contribution in [0.3, 0.4) is 0 Å². The van der Waals surface area contributed by atoms with E-state index in [0.717, 1.165) is 48.1 Å². The average Bonchev–Trinajstić information content (AvgIpc) is 3.24. The summed E-state index contributed by atoms with van der Waals surface area (Å²) in [4.78, 5) is 42.3. The Morgan fingerprint density at radius 2 is 2.04 bits per heavy atom. The normalized spacial score (nSPS) is 19.7. The zero-order valence-corrected chi connectivity index (χ0v) is 15.2. The van der Waals surface area contributed by atoms with Gasteiger partial charge in [-0.05, 0) is 50.3 Å². The molecule has 1 saturated carbocycles. The van der Waals surface area contributed by atoms with E-state index >= 15 is 0 Å². The molecular formula is C20H21N5O2. The Morgan fingerprint density at radius 1 is 1.19 bits per heavy atom. The molecule has 7 heteroatoms. The number of nitrogens with zero attached hydrogens (tertiary/aromatic N) is 3. The quantitative estimate of drug-likeness (QED) is 0.748. The minimum Gasteiger partial charge on any atom is -0.340 e. The molecule has 2 N–H and O–H groups in total. The van der Waals surface area contributed by atoms with E-state index < -0.39 is 0 Å². The number of carbonyl (C=O) groups is 1. The molecule has 2 fully saturated rings. The summed E-state index contributed by atoms with van der Waals surface area (Å²) >= 11 is 0. The van der Waals surface area contributed by atoms with E-state index in [1.807, 2.05) is 19.1 Å². The maximum atomic E-state index is 13.0. The first-order valence-corrected chi connectivity index (χ1v) is 9.46. The number of likely N-dealkylation sites (tertiary alicyclic amines) is 1. The Hall–Kier alpha value is -2.96. The molecule has 0 bridgehead atoms. The zero-order valence-electron chi connectivity index (χ0n) is 15.2. The van der Waals surface area contributed by atoms with Gasteiger partial charge in [0.05, 0.1) is 17.1 Å². The minimum absolute atomic E-state index is 0.109. The Bertz CT molecular complexity index is 1100. The molecule has 1 aromatic carbocycles. The van der Waals surface area contributed by atoms with Crippen molar-refractivity contribution >= 4 is 16.9 Å². The van der Waals surface area contributed by atoms with Gasteiger partial charge in [-0.25, -0.2) is 9.97 Å². The highest BCUT2D eigenvalue weighted by molar-refractivity contribution is 5.94. The molecule has 7 nitrogen and oxygen atoms in total. The second kappa shape index (κ2) is 6.04. The van der Waals surface area contributed by atoms with Gasteiger partial charge in [-0.15, -0.1) is 0 Å². The van der Waals surface area contributed by atoms with E-state index in [4.69, 9.17) is 0 Å². The van der Waals surface area contributed by atoms with Crippen molar-refractivity contribution in [2.24, 2.45) is 0 Å². The van der Waals surface area contributed by atoms with E-state index in [0.29, 0.717) is 18.3 Å². The van der Waals surface area contributed by atoms with Crippen LogP contribution in [0.2, 0.25) is 0 Å². The molecule has 0 radical (unpaired) electrons. The van der Waals surface area contributed by atoms with Crippen molar-refractivity contribution in [2.45, 2.75) is 44.6 Å². The summed E-state index contributed by atoms with van der Waals surface area (Å²) in [5.41, 5.74) is 2.78. The van der Waals surface area contributed by atoms with Crippen LogP contribution in [0.15, 0.2) is 29.2 Å². The van der Waals surface area contributed by atoms with Crippen LogP contribution in [-0.4, -0.2) is 37.3 Å². The van der Waals surface area contributed by atoms with Gasteiger partial charge in [0.25, 0.3) is 11.5 Å². The Morgan fingerprint density at radius 3 is 2.81 bits per heavy atom. The number of carbonyl (C=O) groups excluding carboxylic acids is 1. The van der Waals surface area contributed by atoms with Crippen molar-refractivity contribution < 1.29 is 4.79 Å². The van der Waals surface area contributed by atoms with E-state index in [2.05, 4.69) is 26.0 Å². The second-order valence-corrected chi connectivity index (χ2v) is 7.58. The van der Waals surface area contributed by atoms with Gasteiger partial charge in [0.2, 0.25) is 0 Å². The third-order valence-electron chi connectivity index (χ3n) is 5.50. The van der Waals surface area contributed by atoms with Crippen molar-refractivity contribution in [1.82, 2.24) is 24.8 Å². The second-order valence-electron chi connectivity index (χ2n) is 7.58. The Balaban J connectivity index is 1.46. The molecule has 1 saturated heterocycles. The maximum Gasteiger partial charge on any atom is 0.263 e. The van der Waals surface area contributed by atoms with Crippen molar-refractivity contribution in [3.8, 4) is 0 Å². The van der Waals surface area contributed by atoms with Gasteiger partial charge in [-0.2, -0.15) is 0 Å². The number of aromatic nitrogens is 4. The third-order valence-corrected chi connectivity index (χ3v) is 5.50. The smallest absolute Gasteiger partial charge is 0.263 e. The molecule has 1 atom stereocenters. The number of nitrogens with one attached hydrogen (secondary N) is 2. The number of H-pyrrole nitrogens is 2. The lowest BCUT2D eigenvalue weighted by Gasteiger charge is -2.22. The minimum atomic E-state index is -0.345. The molecule has 1 aliphatic heterocycles. The summed E-state index contributed by atoms with van der Waals surface area (Å²) in [5, 5.41) is 0. The monoisotopic (exact) mass is 363 g/mol. The van der Waals surface area contributed by atoms with Crippen LogP contribution in [0.1, 0.15) is 65.2 Å². The number of hydrogen-bond donors (Lipinski definition) is 2. The van der Waals surface area contributed by atoms with E-state index in [9.17, 15) is 9.59 Å². The molecule has 27 heavy (non-hydrogen) atoms. The number of amides is 1. The molecule has 3 aromatic rings. The number of fused-ring (bicyclic) bond motifs is 1. The topological polar surface area (TPSA) is 94.7 Å². The molecule has 2 aromatic heterocycles. The number of rotatable bonds is 3. The lowest BCUT2D eigenvalue weighted by molar-refractivity contribution is 0.0728. The average molecular weight is 363 g/mol. The van der Waals surface area contributed by atoms with Gasteiger partial charge in [0.15, 0.2) is 0 Å². The van der Waals surface area contributed by atoms with Crippen LogP contribution >= 0.6 is 0 Å². The number of hydrogen-bond acceptors (Lipinski definition) is 4.